The minimum absolute atomic E-state index is 0.0130. The van der Waals surface area contributed by atoms with Crippen LogP contribution in [-0.2, 0) is 11.2 Å². The summed E-state index contributed by atoms with van der Waals surface area (Å²) in [6.45, 7) is 5.49. The van der Waals surface area contributed by atoms with Gasteiger partial charge in [0.1, 0.15) is 0 Å². The van der Waals surface area contributed by atoms with Gasteiger partial charge in [-0.2, -0.15) is 10.2 Å². The van der Waals surface area contributed by atoms with Crippen LogP contribution in [0.15, 0.2) is 71.4 Å². The lowest BCUT2D eigenvalue weighted by Gasteiger charge is -1.98. The molecule has 2 aromatic carbocycles. The maximum Gasteiger partial charge on any atom is 0.159 e. The number of aryl methyl sites for hydroxylation is 1. The van der Waals surface area contributed by atoms with Crippen LogP contribution in [0.25, 0.3) is 0 Å². The Kier molecular flexibility index (Phi) is 4.56. The van der Waals surface area contributed by atoms with Crippen molar-refractivity contribution < 1.29 is 4.79 Å². The van der Waals surface area contributed by atoms with Gasteiger partial charge in [0.25, 0.3) is 0 Å². The molecule has 0 aliphatic carbocycles. The van der Waals surface area contributed by atoms with Crippen LogP contribution in [0.1, 0.15) is 11.1 Å². The van der Waals surface area contributed by atoms with E-state index in [-0.39, 0.29) is 5.78 Å². The summed E-state index contributed by atoms with van der Waals surface area (Å²) in [5.74, 6) is 0.0130. The summed E-state index contributed by atoms with van der Waals surface area (Å²) in [5.41, 5.74) is 3.73. The van der Waals surface area contributed by atoms with Crippen molar-refractivity contribution >= 4 is 17.2 Å². The number of nitrogens with zero attached hydrogens (tertiary/aromatic N) is 2. The topological polar surface area (TPSA) is 41.8 Å². The largest absolute Gasteiger partial charge is 0.295 e. The number of benzene rings is 2. The molecule has 3 nitrogen and oxygen atoms in total. The van der Waals surface area contributed by atoms with Crippen molar-refractivity contribution in [1.29, 1.82) is 0 Å². The van der Waals surface area contributed by atoms with Crippen LogP contribution in [-0.4, -0.2) is 5.78 Å². The van der Waals surface area contributed by atoms with Crippen LogP contribution in [0, 0.1) is 6.92 Å². The second kappa shape index (κ2) is 6.57. The lowest BCUT2D eigenvalue weighted by Crippen LogP contribution is -1.96. The highest BCUT2D eigenvalue weighted by molar-refractivity contribution is 5.90. The minimum Gasteiger partial charge on any atom is -0.295 e. The predicted molar refractivity (Wildman–Crippen MR) is 80.7 cm³/mol. The maximum atomic E-state index is 11.2. The molecule has 0 bridgehead atoms. The van der Waals surface area contributed by atoms with Crippen LogP contribution >= 0.6 is 0 Å². The van der Waals surface area contributed by atoms with Crippen molar-refractivity contribution in [3.8, 4) is 0 Å². The highest BCUT2D eigenvalue weighted by Crippen LogP contribution is 2.19. The Bertz CT molecular complexity index is 625. The first kappa shape index (κ1) is 13.9. The maximum absolute atomic E-state index is 11.2. The second-order valence-corrected chi connectivity index (χ2v) is 4.55. The van der Waals surface area contributed by atoms with E-state index in [1.165, 1.54) is 11.6 Å². The molecular formula is C17H16N2O. The SMILES string of the molecule is C=CC(=O)Cc1ccc(N=Nc2ccc(C)cc2)cc1. The van der Waals surface area contributed by atoms with Gasteiger partial charge >= 0.3 is 0 Å². The Hall–Kier alpha value is -2.55. The Balaban J connectivity index is 2.05. The van der Waals surface area contributed by atoms with Crippen molar-refractivity contribution in [2.45, 2.75) is 13.3 Å². The van der Waals surface area contributed by atoms with E-state index in [1.807, 2.05) is 55.5 Å². The Morgan fingerprint density at radius 1 is 1.00 bits per heavy atom. The molecule has 0 saturated heterocycles. The fraction of sp³-hybridized carbons (Fsp3) is 0.118. The zero-order valence-electron chi connectivity index (χ0n) is 11.4. The van der Waals surface area contributed by atoms with E-state index in [0.29, 0.717) is 6.42 Å². The van der Waals surface area contributed by atoms with Crippen molar-refractivity contribution in [1.82, 2.24) is 0 Å². The number of azo groups is 1. The Labute approximate surface area is 118 Å². The molecule has 0 heterocycles. The zero-order chi connectivity index (χ0) is 14.4. The molecule has 0 aliphatic rings. The van der Waals surface area contributed by atoms with Gasteiger partial charge in [-0.1, -0.05) is 36.4 Å². The lowest BCUT2D eigenvalue weighted by molar-refractivity contribution is -0.114. The van der Waals surface area contributed by atoms with Crippen LogP contribution in [0.4, 0.5) is 11.4 Å². The normalized spacial score (nSPS) is 10.7. The number of hydrogen-bond donors (Lipinski definition) is 0. The van der Waals surface area contributed by atoms with Gasteiger partial charge in [0, 0.05) is 6.42 Å². The molecule has 100 valence electrons. The molecule has 0 unspecified atom stereocenters. The van der Waals surface area contributed by atoms with Crippen LogP contribution < -0.4 is 0 Å². The number of rotatable bonds is 5. The highest BCUT2D eigenvalue weighted by atomic mass is 16.1. The summed E-state index contributed by atoms with van der Waals surface area (Å²) in [4.78, 5) is 11.2. The van der Waals surface area contributed by atoms with Crippen LogP contribution in [0.5, 0.6) is 0 Å². The molecule has 0 aliphatic heterocycles. The molecule has 20 heavy (non-hydrogen) atoms. The van der Waals surface area contributed by atoms with Crippen molar-refractivity contribution in [3.63, 3.8) is 0 Å². The third-order valence-corrected chi connectivity index (χ3v) is 2.86. The molecule has 0 fully saturated rings. The number of ketones is 1. The summed E-state index contributed by atoms with van der Waals surface area (Å²) in [6, 6.07) is 15.3. The van der Waals surface area contributed by atoms with Crippen LogP contribution in [0.2, 0.25) is 0 Å². The van der Waals surface area contributed by atoms with Gasteiger partial charge in [-0.25, -0.2) is 0 Å². The van der Waals surface area contributed by atoms with Gasteiger partial charge in [-0.3, -0.25) is 4.79 Å². The fourth-order valence-electron chi connectivity index (χ4n) is 1.68. The first-order valence-corrected chi connectivity index (χ1v) is 6.40. The number of hydrogen-bond acceptors (Lipinski definition) is 3. The van der Waals surface area contributed by atoms with Gasteiger partial charge in [0.05, 0.1) is 11.4 Å². The molecule has 0 aromatic heterocycles. The molecule has 0 amide bonds. The second-order valence-electron chi connectivity index (χ2n) is 4.55. The van der Waals surface area contributed by atoms with Gasteiger partial charge in [0.2, 0.25) is 0 Å². The molecule has 0 saturated carbocycles. The first-order chi connectivity index (χ1) is 9.67. The zero-order valence-corrected chi connectivity index (χ0v) is 11.4. The van der Waals surface area contributed by atoms with E-state index in [9.17, 15) is 4.79 Å². The molecular weight excluding hydrogens is 248 g/mol. The van der Waals surface area contributed by atoms with E-state index in [1.54, 1.807) is 0 Å². The van der Waals surface area contributed by atoms with Gasteiger partial charge < -0.3 is 0 Å². The van der Waals surface area contributed by atoms with Crippen molar-refractivity contribution in [2.24, 2.45) is 10.2 Å². The summed E-state index contributed by atoms with van der Waals surface area (Å²) in [7, 11) is 0. The Morgan fingerprint density at radius 2 is 1.50 bits per heavy atom. The van der Waals surface area contributed by atoms with E-state index in [0.717, 1.165) is 16.9 Å². The predicted octanol–water partition coefficient (Wildman–Crippen LogP) is 4.71. The number of allylic oxidation sites excluding steroid dienone is 1. The van der Waals surface area contributed by atoms with Crippen molar-refractivity contribution in [3.05, 3.63) is 72.3 Å². The molecule has 0 spiro atoms. The first-order valence-electron chi connectivity index (χ1n) is 6.40. The summed E-state index contributed by atoms with van der Waals surface area (Å²) < 4.78 is 0. The van der Waals surface area contributed by atoms with Crippen LogP contribution in [0.3, 0.4) is 0 Å². The summed E-state index contributed by atoms with van der Waals surface area (Å²) in [6.07, 6.45) is 1.71. The highest BCUT2D eigenvalue weighted by Gasteiger charge is 1.99. The summed E-state index contributed by atoms with van der Waals surface area (Å²) in [5, 5.41) is 8.33. The third kappa shape index (κ3) is 3.99. The smallest absolute Gasteiger partial charge is 0.159 e. The van der Waals surface area contributed by atoms with E-state index < -0.39 is 0 Å². The molecule has 2 rings (SSSR count). The third-order valence-electron chi connectivity index (χ3n) is 2.86. The number of carbonyl (C=O) groups excluding carboxylic acids is 1. The lowest BCUT2D eigenvalue weighted by atomic mass is 10.1. The standard InChI is InChI=1S/C17H16N2O/c1-3-17(20)12-14-6-10-16(11-7-14)19-18-15-8-4-13(2)5-9-15/h3-11H,1,12H2,2H3. The van der Waals surface area contributed by atoms with E-state index in [2.05, 4.69) is 16.8 Å². The van der Waals surface area contributed by atoms with Gasteiger partial charge in [0.15, 0.2) is 5.78 Å². The molecule has 2 aromatic rings. The average Bonchev–Trinajstić information content (AvgIpc) is 2.48. The Morgan fingerprint density at radius 3 is 2.00 bits per heavy atom. The quantitative estimate of drug-likeness (QED) is 0.569. The summed E-state index contributed by atoms with van der Waals surface area (Å²) >= 11 is 0. The van der Waals surface area contributed by atoms with E-state index in [4.69, 9.17) is 0 Å². The monoisotopic (exact) mass is 264 g/mol. The van der Waals surface area contributed by atoms with Crippen molar-refractivity contribution in [2.75, 3.05) is 0 Å². The minimum atomic E-state index is 0.0130. The molecule has 3 heteroatoms. The van der Waals surface area contributed by atoms with Gasteiger partial charge in [-0.05, 0) is 42.8 Å². The average molecular weight is 264 g/mol. The van der Waals surface area contributed by atoms with E-state index >= 15 is 0 Å². The number of carbonyl (C=O) groups is 1. The molecule has 0 N–H and O–H groups in total. The fourth-order valence-corrected chi connectivity index (χ4v) is 1.68. The van der Waals surface area contributed by atoms with Gasteiger partial charge in [-0.15, -0.1) is 0 Å². The molecule has 0 atom stereocenters. The molecule has 0 radical (unpaired) electrons.